The van der Waals surface area contributed by atoms with Gasteiger partial charge in [-0.1, -0.05) is 32.0 Å². The van der Waals surface area contributed by atoms with Crippen molar-refractivity contribution in [2.24, 2.45) is 0 Å². The zero-order valence-electron chi connectivity index (χ0n) is 15.7. The number of carbonyl (C=O) groups excluding carboxylic acids is 2. The van der Waals surface area contributed by atoms with Gasteiger partial charge in [0.1, 0.15) is 0 Å². The maximum Gasteiger partial charge on any atom is 0.409 e. The lowest BCUT2D eigenvalue weighted by molar-refractivity contribution is -0.130. The molecule has 6 heteroatoms. The lowest BCUT2D eigenvalue weighted by atomic mass is 9.98. The summed E-state index contributed by atoms with van der Waals surface area (Å²) in [7, 11) is 0. The van der Waals surface area contributed by atoms with Crippen LogP contribution in [0.4, 0.5) is 10.5 Å². The van der Waals surface area contributed by atoms with Gasteiger partial charge in [-0.2, -0.15) is 0 Å². The largest absolute Gasteiger partial charge is 0.450 e. The van der Waals surface area contributed by atoms with E-state index in [0.717, 1.165) is 11.3 Å². The highest BCUT2D eigenvalue weighted by molar-refractivity contribution is 5.82. The second-order valence-electron chi connectivity index (χ2n) is 6.61. The molecule has 0 bridgehead atoms. The number of carbonyl (C=O) groups is 2. The van der Waals surface area contributed by atoms with E-state index in [1.165, 1.54) is 5.56 Å². The average molecular weight is 347 g/mol. The molecule has 0 saturated carbocycles. The van der Waals surface area contributed by atoms with Gasteiger partial charge in [-0.3, -0.25) is 4.79 Å². The molecule has 0 atom stereocenters. The normalized spacial score (nSPS) is 14.6. The van der Waals surface area contributed by atoms with Crippen molar-refractivity contribution >= 4 is 17.7 Å². The standard InChI is InChI=1S/C19H29N3O3/c1-5-25-19(24)22-11-9-21(10-12-22)17(23)13-20-18-15(4)7-6-8-16(18)14(2)3/h6-8,14,20H,5,9-13H2,1-4H3. The number of anilines is 1. The summed E-state index contributed by atoms with van der Waals surface area (Å²) in [6.45, 7) is 10.9. The Balaban J connectivity index is 1.89. The van der Waals surface area contributed by atoms with Crippen LogP contribution in [0.1, 0.15) is 37.8 Å². The lowest BCUT2D eigenvalue weighted by Gasteiger charge is -2.34. The molecule has 138 valence electrons. The number of nitrogens with one attached hydrogen (secondary N) is 1. The second-order valence-corrected chi connectivity index (χ2v) is 6.61. The van der Waals surface area contributed by atoms with Gasteiger partial charge in [0, 0.05) is 31.9 Å². The van der Waals surface area contributed by atoms with Gasteiger partial charge in [-0.25, -0.2) is 4.79 Å². The summed E-state index contributed by atoms with van der Waals surface area (Å²) in [4.78, 5) is 27.7. The van der Waals surface area contributed by atoms with Gasteiger partial charge in [-0.05, 0) is 30.9 Å². The summed E-state index contributed by atoms with van der Waals surface area (Å²) in [6, 6.07) is 6.20. The molecular weight excluding hydrogens is 318 g/mol. The van der Waals surface area contributed by atoms with Gasteiger partial charge in [0.05, 0.1) is 13.2 Å². The molecule has 0 aliphatic carbocycles. The summed E-state index contributed by atoms with van der Waals surface area (Å²) in [5.41, 5.74) is 3.42. The van der Waals surface area contributed by atoms with Gasteiger partial charge in [-0.15, -0.1) is 0 Å². The minimum absolute atomic E-state index is 0.0569. The van der Waals surface area contributed by atoms with Crippen molar-refractivity contribution < 1.29 is 14.3 Å². The van der Waals surface area contributed by atoms with E-state index in [-0.39, 0.29) is 18.5 Å². The number of hydrogen-bond donors (Lipinski definition) is 1. The van der Waals surface area contributed by atoms with E-state index in [1.807, 2.05) is 6.07 Å². The first-order valence-electron chi connectivity index (χ1n) is 8.96. The Bertz CT molecular complexity index is 608. The fourth-order valence-corrected chi connectivity index (χ4v) is 3.04. The highest BCUT2D eigenvalue weighted by Gasteiger charge is 2.24. The summed E-state index contributed by atoms with van der Waals surface area (Å²) in [5.74, 6) is 0.451. The second kappa shape index (κ2) is 8.74. The molecular formula is C19H29N3O3. The van der Waals surface area contributed by atoms with Gasteiger partial charge < -0.3 is 19.9 Å². The molecule has 1 fully saturated rings. The van der Waals surface area contributed by atoms with E-state index < -0.39 is 0 Å². The van der Waals surface area contributed by atoms with Crippen LogP contribution in [0.2, 0.25) is 0 Å². The Morgan fingerprint density at radius 1 is 1.16 bits per heavy atom. The average Bonchev–Trinajstić information content (AvgIpc) is 2.60. The number of amides is 2. The maximum absolute atomic E-state index is 12.5. The zero-order chi connectivity index (χ0) is 18.4. The first-order valence-corrected chi connectivity index (χ1v) is 8.96. The third kappa shape index (κ3) is 4.87. The molecule has 6 nitrogen and oxygen atoms in total. The van der Waals surface area contributed by atoms with Crippen molar-refractivity contribution in [1.29, 1.82) is 0 Å². The van der Waals surface area contributed by atoms with Crippen molar-refractivity contribution in [3.8, 4) is 0 Å². The monoisotopic (exact) mass is 347 g/mol. The molecule has 2 amide bonds. The Morgan fingerprint density at radius 3 is 2.40 bits per heavy atom. The molecule has 1 heterocycles. The van der Waals surface area contributed by atoms with Crippen molar-refractivity contribution in [1.82, 2.24) is 9.80 Å². The zero-order valence-corrected chi connectivity index (χ0v) is 15.7. The highest BCUT2D eigenvalue weighted by Crippen LogP contribution is 2.27. The van der Waals surface area contributed by atoms with E-state index in [0.29, 0.717) is 38.7 Å². The van der Waals surface area contributed by atoms with Crippen LogP contribution in [0.3, 0.4) is 0 Å². The van der Waals surface area contributed by atoms with Gasteiger partial charge >= 0.3 is 6.09 Å². The molecule has 2 rings (SSSR count). The Morgan fingerprint density at radius 2 is 1.80 bits per heavy atom. The summed E-state index contributed by atoms with van der Waals surface area (Å²) in [5, 5.41) is 3.32. The summed E-state index contributed by atoms with van der Waals surface area (Å²) < 4.78 is 5.00. The minimum atomic E-state index is -0.297. The molecule has 0 spiro atoms. The molecule has 1 aromatic carbocycles. The molecule has 1 aromatic rings. The van der Waals surface area contributed by atoms with Crippen molar-refractivity contribution in [3.63, 3.8) is 0 Å². The predicted molar refractivity (Wildman–Crippen MR) is 98.9 cm³/mol. The third-order valence-electron chi connectivity index (χ3n) is 4.50. The van der Waals surface area contributed by atoms with E-state index in [4.69, 9.17) is 4.74 Å². The van der Waals surface area contributed by atoms with E-state index in [1.54, 1.807) is 16.7 Å². The van der Waals surface area contributed by atoms with Crippen LogP contribution in [-0.4, -0.2) is 61.1 Å². The highest BCUT2D eigenvalue weighted by atomic mass is 16.6. The first kappa shape index (κ1) is 19.1. The predicted octanol–water partition coefficient (Wildman–Crippen LogP) is 2.83. The van der Waals surface area contributed by atoms with E-state index >= 15 is 0 Å². The quantitative estimate of drug-likeness (QED) is 0.890. The fourth-order valence-electron chi connectivity index (χ4n) is 3.04. The van der Waals surface area contributed by atoms with Crippen molar-refractivity contribution in [3.05, 3.63) is 29.3 Å². The fraction of sp³-hybridized carbons (Fsp3) is 0.579. The SMILES string of the molecule is CCOC(=O)N1CCN(C(=O)CNc2c(C)cccc2C(C)C)CC1. The molecule has 1 aliphatic rings. The number of aryl methyl sites for hydroxylation is 1. The van der Waals surface area contributed by atoms with E-state index in [2.05, 4.69) is 38.2 Å². The first-order chi connectivity index (χ1) is 11.9. The van der Waals surface area contributed by atoms with Crippen LogP contribution in [-0.2, 0) is 9.53 Å². The van der Waals surface area contributed by atoms with Crippen LogP contribution in [0.15, 0.2) is 18.2 Å². The molecule has 1 N–H and O–H groups in total. The molecule has 1 saturated heterocycles. The number of rotatable bonds is 5. The number of hydrogen-bond acceptors (Lipinski definition) is 4. The molecule has 0 aromatic heterocycles. The number of para-hydroxylation sites is 1. The summed E-state index contributed by atoms with van der Waals surface area (Å²) >= 11 is 0. The Labute approximate surface area is 150 Å². The Kier molecular flexibility index (Phi) is 6.67. The Hall–Kier alpha value is -2.24. The van der Waals surface area contributed by atoms with Crippen LogP contribution in [0.5, 0.6) is 0 Å². The van der Waals surface area contributed by atoms with Crippen LogP contribution in [0, 0.1) is 6.92 Å². The molecule has 0 unspecified atom stereocenters. The van der Waals surface area contributed by atoms with E-state index in [9.17, 15) is 9.59 Å². The van der Waals surface area contributed by atoms with Crippen molar-refractivity contribution in [2.75, 3.05) is 44.6 Å². The number of nitrogens with zero attached hydrogens (tertiary/aromatic N) is 2. The van der Waals surface area contributed by atoms with Gasteiger partial charge in [0.25, 0.3) is 0 Å². The van der Waals surface area contributed by atoms with Crippen LogP contribution >= 0.6 is 0 Å². The summed E-state index contributed by atoms with van der Waals surface area (Å²) in [6.07, 6.45) is -0.297. The molecule has 1 aliphatic heterocycles. The molecule has 0 radical (unpaired) electrons. The number of piperazine rings is 1. The van der Waals surface area contributed by atoms with Crippen LogP contribution < -0.4 is 5.32 Å². The topological polar surface area (TPSA) is 61.9 Å². The molecule has 25 heavy (non-hydrogen) atoms. The lowest BCUT2D eigenvalue weighted by Crippen LogP contribution is -2.51. The number of benzene rings is 1. The van der Waals surface area contributed by atoms with Crippen LogP contribution in [0.25, 0.3) is 0 Å². The smallest absolute Gasteiger partial charge is 0.409 e. The maximum atomic E-state index is 12.5. The minimum Gasteiger partial charge on any atom is -0.450 e. The van der Waals surface area contributed by atoms with Crippen molar-refractivity contribution in [2.45, 2.75) is 33.6 Å². The van der Waals surface area contributed by atoms with Gasteiger partial charge in [0.2, 0.25) is 5.91 Å². The van der Waals surface area contributed by atoms with Gasteiger partial charge in [0.15, 0.2) is 0 Å². The number of ether oxygens (including phenoxy) is 1. The third-order valence-corrected chi connectivity index (χ3v) is 4.50.